The van der Waals surface area contributed by atoms with E-state index in [4.69, 9.17) is 8.92 Å². The number of rotatable bonds is 11. The first-order chi connectivity index (χ1) is 15.6. The van der Waals surface area contributed by atoms with E-state index in [0.717, 1.165) is 5.56 Å². The molecule has 2 amide bonds. The van der Waals surface area contributed by atoms with E-state index >= 15 is 0 Å². The molecule has 0 aromatic heterocycles. The Morgan fingerprint density at radius 3 is 2.27 bits per heavy atom. The summed E-state index contributed by atoms with van der Waals surface area (Å²) in [6.07, 6.45) is -1.26. The molecule has 2 aromatic rings. The van der Waals surface area contributed by atoms with Gasteiger partial charge in [-0.25, -0.2) is 4.79 Å². The smallest absolute Gasteiger partial charge is 0.321 e. The fraction of sp³-hybridized carbons (Fsp3) is 0.391. The van der Waals surface area contributed by atoms with Crippen molar-refractivity contribution >= 4 is 27.6 Å². The summed E-state index contributed by atoms with van der Waals surface area (Å²) in [4.78, 5) is 25.9. The predicted octanol–water partition coefficient (Wildman–Crippen LogP) is 3.22. The van der Waals surface area contributed by atoms with Crippen LogP contribution in [-0.4, -0.2) is 62.6 Å². The van der Waals surface area contributed by atoms with E-state index in [1.807, 2.05) is 20.8 Å². The SMILES string of the molecule is CCN(CC)C(=O)Nc1ccc(OCC(O)COS(=O)(=O)c2ccc(C)cc2)c(C(C)=O)c1. The van der Waals surface area contributed by atoms with Crippen LogP contribution in [0.15, 0.2) is 47.4 Å². The number of aliphatic hydroxyl groups excluding tert-OH is 1. The number of ketones is 1. The molecule has 33 heavy (non-hydrogen) atoms. The molecule has 9 nitrogen and oxygen atoms in total. The number of anilines is 1. The Morgan fingerprint density at radius 2 is 1.70 bits per heavy atom. The molecule has 2 rings (SSSR count). The molecule has 0 saturated carbocycles. The van der Waals surface area contributed by atoms with Crippen LogP contribution >= 0.6 is 0 Å². The first-order valence-corrected chi connectivity index (χ1v) is 12.0. The van der Waals surface area contributed by atoms with Gasteiger partial charge in [0.1, 0.15) is 18.5 Å². The molecule has 180 valence electrons. The summed E-state index contributed by atoms with van der Waals surface area (Å²) >= 11 is 0. The van der Waals surface area contributed by atoms with Gasteiger partial charge in [0.25, 0.3) is 10.1 Å². The number of aliphatic hydroxyl groups is 1. The van der Waals surface area contributed by atoms with Gasteiger partial charge in [0, 0.05) is 18.8 Å². The molecule has 0 aliphatic carbocycles. The van der Waals surface area contributed by atoms with Gasteiger partial charge in [-0.05, 0) is 58.0 Å². The van der Waals surface area contributed by atoms with Crippen LogP contribution in [0.2, 0.25) is 0 Å². The number of carbonyl (C=O) groups excluding carboxylic acids is 2. The van der Waals surface area contributed by atoms with Crippen molar-refractivity contribution in [2.24, 2.45) is 0 Å². The zero-order valence-corrected chi connectivity index (χ0v) is 20.0. The number of urea groups is 1. The van der Waals surface area contributed by atoms with Crippen LogP contribution in [0.3, 0.4) is 0 Å². The molecule has 0 aliphatic heterocycles. The topological polar surface area (TPSA) is 122 Å². The number of nitrogens with zero attached hydrogens (tertiary/aromatic N) is 1. The Kier molecular flexibility index (Phi) is 9.39. The standard InChI is InChI=1S/C23H30N2O7S/c1-5-25(6-2)23(28)24-18-9-12-22(21(13-18)17(4)26)31-14-19(27)15-32-33(29,30)20-10-7-16(3)8-11-20/h7-13,19,27H,5-6,14-15H2,1-4H3,(H,24,28). The molecule has 10 heteroatoms. The van der Waals surface area contributed by atoms with E-state index in [1.165, 1.54) is 31.2 Å². The van der Waals surface area contributed by atoms with Crippen LogP contribution in [0, 0.1) is 6.92 Å². The van der Waals surface area contributed by atoms with E-state index in [1.54, 1.807) is 23.1 Å². The molecular formula is C23H30N2O7S. The van der Waals surface area contributed by atoms with Gasteiger partial charge in [0.15, 0.2) is 5.78 Å². The van der Waals surface area contributed by atoms with E-state index < -0.39 is 22.8 Å². The number of carbonyl (C=O) groups is 2. The van der Waals surface area contributed by atoms with Crippen molar-refractivity contribution in [3.05, 3.63) is 53.6 Å². The van der Waals surface area contributed by atoms with Gasteiger partial charge in [-0.2, -0.15) is 8.42 Å². The fourth-order valence-electron chi connectivity index (χ4n) is 2.90. The highest BCUT2D eigenvalue weighted by Gasteiger charge is 2.19. The summed E-state index contributed by atoms with van der Waals surface area (Å²) in [5.41, 5.74) is 1.55. The van der Waals surface area contributed by atoms with E-state index in [2.05, 4.69) is 5.32 Å². The van der Waals surface area contributed by atoms with Crippen LogP contribution in [0.25, 0.3) is 0 Å². The second-order valence-corrected chi connectivity index (χ2v) is 9.00. The van der Waals surface area contributed by atoms with Crippen molar-refractivity contribution in [3.8, 4) is 5.75 Å². The van der Waals surface area contributed by atoms with Crippen LogP contribution in [0.1, 0.15) is 36.7 Å². The minimum atomic E-state index is -4.02. The number of hydrogen-bond acceptors (Lipinski definition) is 7. The molecule has 0 heterocycles. The van der Waals surface area contributed by atoms with Crippen molar-refractivity contribution in [2.75, 3.05) is 31.6 Å². The van der Waals surface area contributed by atoms with Crippen molar-refractivity contribution < 1.29 is 32.0 Å². The van der Waals surface area contributed by atoms with E-state index in [9.17, 15) is 23.1 Å². The second kappa shape index (κ2) is 11.8. The normalized spacial score (nSPS) is 12.2. The summed E-state index contributed by atoms with van der Waals surface area (Å²) in [5.74, 6) is -0.0968. The van der Waals surface area contributed by atoms with Gasteiger partial charge >= 0.3 is 6.03 Å². The minimum Gasteiger partial charge on any atom is -0.490 e. The average molecular weight is 479 g/mol. The van der Waals surface area contributed by atoms with Gasteiger partial charge in [-0.15, -0.1) is 0 Å². The first-order valence-electron chi connectivity index (χ1n) is 10.5. The molecule has 0 spiro atoms. The number of Topliss-reactive ketones (excluding diaryl/α,β-unsaturated/α-hetero) is 1. The Bertz CT molecular complexity index is 1060. The minimum absolute atomic E-state index is 0.0116. The van der Waals surface area contributed by atoms with Crippen molar-refractivity contribution in [1.29, 1.82) is 0 Å². The van der Waals surface area contributed by atoms with Crippen LogP contribution in [-0.2, 0) is 14.3 Å². The maximum Gasteiger partial charge on any atom is 0.321 e. The molecule has 1 unspecified atom stereocenters. The third-order valence-electron chi connectivity index (χ3n) is 4.82. The number of benzene rings is 2. The number of amides is 2. The van der Waals surface area contributed by atoms with Gasteiger partial charge in [0.2, 0.25) is 0 Å². The Morgan fingerprint density at radius 1 is 1.06 bits per heavy atom. The highest BCUT2D eigenvalue weighted by Crippen LogP contribution is 2.24. The molecule has 2 N–H and O–H groups in total. The maximum atomic E-state index is 12.2. The van der Waals surface area contributed by atoms with Crippen LogP contribution in [0.4, 0.5) is 10.5 Å². The summed E-state index contributed by atoms with van der Waals surface area (Å²) in [6.45, 7) is 7.19. The summed E-state index contributed by atoms with van der Waals surface area (Å²) < 4.78 is 34.9. The Hall–Kier alpha value is -2.95. The summed E-state index contributed by atoms with van der Waals surface area (Å²) in [6, 6.07) is 10.4. The molecule has 1 atom stereocenters. The predicted molar refractivity (Wildman–Crippen MR) is 124 cm³/mol. The van der Waals surface area contributed by atoms with Gasteiger partial charge in [0.05, 0.1) is 17.1 Å². The van der Waals surface area contributed by atoms with Gasteiger partial charge in [-0.3, -0.25) is 8.98 Å². The lowest BCUT2D eigenvalue weighted by molar-refractivity contribution is 0.0642. The van der Waals surface area contributed by atoms with E-state index in [0.29, 0.717) is 18.8 Å². The Balaban J connectivity index is 1.99. The summed E-state index contributed by atoms with van der Waals surface area (Å²) in [5, 5.41) is 12.9. The zero-order valence-electron chi connectivity index (χ0n) is 19.2. The molecule has 0 bridgehead atoms. The first kappa shape index (κ1) is 26.3. The third-order valence-corrected chi connectivity index (χ3v) is 6.11. The van der Waals surface area contributed by atoms with Gasteiger partial charge in [-0.1, -0.05) is 17.7 Å². The van der Waals surface area contributed by atoms with Crippen molar-refractivity contribution in [2.45, 2.75) is 38.7 Å². The molecule has 0 fully saturated rings. The number of hydrogen-bond donors (Lipinski definition) is 2. The number of nitrogens with one attached hydrogen (secondary N) is 1. The maximum absolute atomic E-state index is 12.2. The monoisotopic (exact) mass is 478 g/mol. The highest BCUT2D eigenvalue weighted by molar-refractivity contribution is 7.86. The number of ether oxygens (including phenoxy) is 1. The molecule has 0 radical (unpaired) electrons. The largest absolute Gasteiger partial charge is 0.490 e. The zero-order chi connectivity index (χ0) is 24.6. The highest BCUT2D eigenvalue weighted by atomic mass is 32.2. The van der Waals surface area contributed by atoms with Crippen molar-refractivity contribution in [1.82, 2.24) is 4.90 Å². The molecular weight excluding hydrogens is 448 g/mol. The molecule has 2 aromatic carbocycles. The second-order valence-electron chi connectivity index (χ2n) is 7.39. The number of aryl methyl sites for hydroxylation is 1. The fourth-order valence-corrected chi connectivity index (χ4v) is 3.84. The van der Waals surface area contributed by atoms with Crippen LogP contribution < -0.4 is 10.1 Å². The third kappa shape index (κ3) is 7.55. The average Bonchev–Trinajstić information content (AvgIpc) is 2.77. The molecule has 0 aliphatic rings. The van der Waals surface area contributed by atoms with Crippen molar-refractivity contribution in [3.63, 3.8) is 0 Å². The van der Waals surface area contributed by atoms with Gasteiger partial charge < -0.3 is 20.1 Å². The Labute approximate surface area is 194 Å². The summed E-state index contributed by atoms with van der Waals surface area (Å²) in [7, 11) is -4.02. The lowest BCUT2D eigenvalue weighted by Gasteiger charge is -2.20. The lowest BCUT2D eigenvalue weighted by atomic mass is 10.1. The van der Waals surface area contributed by atoms with E-state index in [-0.39, 0.29) is 34.6 Å². The molecule has 0 saturated heterocycles. The quantitative estimate of drug-likeness (QED) is 0.376. The lowest BCUT2D eigenvalue weighted by Crippen LogP contribution is -2.34. The van der Waals surface area contributed by atoms with Crippen LogP contribution in [0.5, 0.6) is 5.75 Å².